The first kappa shape index (κ1) is 21.8. The highest BCUT2D eigenvalue weighted by Gasteiger charge is 2.37. The van der Waals surface area contributed by atoms with Gasteiger partial charge >= 0.3 is 6.03 Å². The second-order valence-electron chi connectivity index (χ2n) is 6.15. The summed E-state index contributed by atoms with van der Waals surface area (Å²) < 4.78 is 5.67. The van der Waals surface area contributed by atoms with Gasteiger partial charge in [-0.3, -0.25) is 14.9 Å². The summed E-state index contributed by atoms with van der Waals surface area (Å²) in [6.07, 6.45) is 1.30. The smallest absolute Gasteiger partial charge is 0.335 e. The van der Waals surface area contributed by atoms with Crippen molar-refractivity contribution >= 4 is 68.7 Å². The number of barbiturate groups is 1. The summed E-state index contributed by atoms with van der Waals surface area (Å²) in [5.74, 6) is -1.39. The minimum absolute atomic E-state index is 0.174. The van der Waals surface area contributed by atoms with Crippen molar-refractivity contribution in [2.24, 2.45) is 0 Å². The molecule has 3 rings (SSSR count). The fourth-order valence-electron chi connectivity index (χ4n) is 2.68. The van der Waals surface area contributed by atoms with Crippen molar-refractivity contribution in [3.05, 3.63) is 61.5 Å². The van der Waals surface area contributed by atoms with Crippen LogP contribution in [-0.2, 0) is 9.59 Å². The summed E-state index contributed by atoms with van der Waals surface area (Å²) in [4.78, 5) is 38.4. The van der Waals surface area contributed by atoms with E-state index in [1.807, 2.05) is 6.07 Å². The summed E-state index contributed by atoms with van der Waals surface area (Å²) in [6.45, 7) is 1.58. The maximum Gasteiger partial charge on any atom is 0.335 e. The number of aryl methyl sites for hydroxylation is 1. The van der Waals surface area contributed by atoms with E-state index in [1.54, 1.807) is 25.1 Å². The molecule has 1 saturated heterocycles. The molecule has 0 aliphatic carbocycles. The van der Waals surface area contributed by atoms with Crippen LogP contribution in [0.5, 0.6) is 5.75 Å². The number of halogens is 3. The molecule has 1 aliphatic heterocycles. The molecule has 1 heterocycles. The van der Waals surface area contributed by atoms with Gasteiger partial charge in [0.25, 0.3) is 11.8 Å². The Morgan fingerprint density at radius 1 is 1.20 bits per heavy atom. The molecule has 0 atom stereocenters. The van der Waals surface area contributed by atoms with Crippen LogP contribution in [0.25, 0.3) is 6.08 Å². The fraction of sp³-hybridized carbons (Fsp3) is 0.100. The van der Waals surface area contributed by atoms with Gasteiger partial charge in [-0.2, -0.15) is 5.26 Å². The van der Waals surface area contributed by atoms with Gasteiger partial charge < -0.3 is 4.74 Å². The molecule has 2 aromatic rings. The Labute approximate surface area is 189 Å². The molecule has 2 aromatic carbocycles. The Balaban J connectivity index is 2.00. The predicted molar refractivity (Wildman–Crippen MR) is 115 cm³/mol. The lowest BCUT2D eigenvalue weighted by atomic mass is 10.1. The van der Waals surface area contributed by atoms with Gasteiger partial charge in [0.2, 0.25) is 0 Å². The van der Waals surface area contributed by atoms with E-state index in [2.05, 4.69) is 21.2 Å². The molecule has 4 amide bonds. The van der Waals surface area contributed by atoms with Crippen molar-refractivity contribution in [3.63, 3.8) is 0 Å². The first-order valence-electron chi connectivity index (χ1n) is 8.39. The highest BCUT2D eigenvalue weighted by Crippen LogP contribution is 2.35. The number of ether oxygens (including phenoxy) is 1. The van der Waals surface area contributed by atoms with E-state index in [9.17, 15) is 14.4 Å². The zero-order valence-electron chi connectivity index (χ0n) is 15.3. The second-order valence-corrected chi connectivity index (χ2v) is 7.82. The SMILES string of the molecule is Cc1ccc(N2C(=O)NC(=O)/C(=C/c3cc(Cl)c(OCC#N)c(Br)c3)C2=O)cc1Cl. The number of amides is 4. The molecule has 0 radical (unpaired) electrons. The highest BCUT2D eigenvalue weighted by molar-refractivity contribution is 9.10. The summed E-state index contributed by atoms with van der Waals surface area (Å²) in [6, 6.07) is 8.68. The molecule has 1 N–H and O–H groups in total. The van der Waals surface area contributed by atoms with Crippen LogP contribution < -0.4 is 15.0 Å². The summed E-state index contributed by atoms with van der Waals surface area (Å²) >= 11 is 15.6. The van der Waals surface area contributed by atoms with E-state index in [0.29, 0.717) is 15.1 Å². The Kier molecular flexibility index (Phi) is 6.46. The lowest BCUT2D eigenvalue weighted by Gasteiger charge is -2.26. The second kappa shape index (κ2) is 8.88. The Morgan fingerprint density at radius 2 is 1.93 bits per heavy atom. The molecule has 0 spiro atoms. The Morgan fingerprint density at radius 3 is 2.57 bits per heavy atom. The van der Waals surface area contributed by atoms with E-state index in [1.165, 1.54) is 18.2 Å². The zero-order chi connectivity index (χ0) is 22.0. The number of carbonyl (C=O) groups excluding carboxylic acids is 3. The fourth-order valence-corrected chi connectivity index (χ4v) is 3.85. The quantitative estimate of drug-likeness (QED) is 0.479. The summed E-state index contributed by atoms with van der Waals surface area (Å²) in [5, 5.41) is 11.3. The van der Waals surface area contributed by atoms with Crippen LogP contribution in [0.1, 0.15) is 11.1 Å². The van der Waals surface area contributed by atoms with Crippen LogP contribution in [0.3, 0.4) is 0 Å². The van der Waals surface area contributed by atoms with Crippen molar-refractivity contribution in [2.75, 3.05) is 11.5 Å². The third-order valence-electron chi connectivity index (χ3n) is 4.13. The van der Waals surface area contributed by atoms with Gasteiger partial charge in [-0.05, 0) is 64.3 Å². The minimum Gasteiger partial charge on any atom is -0.476 e. The van der Waals surface area contributed by atoms with Crippen molar-refractivity contribution in [2.45, 2.75) is 6.92 Å². The topological polar surface area (TPSA) is 99.5 Å². The van der Waals surface area contributed by atoms with Crippen LogP contribution >= 0.6 is 39.1 Å². The molecule has 1 fully saturated rings. The van der Waals surface area contributed by atoms with Crippen LogP contribution in [0, 0.1) is 18.3 Å². The molecule has 7 nitrogen and oxygen atoms in total. The maximum absolute atomic E-state index is 13.0. The number of nitrogens with one attached hydrogen (secondary N) is 1. The third kappa shape index (κ3) is 4.33. The van der Waals surface area contributed by atoms with E-state index < -0.39 is 17.8 Å². The van der Waals surface area contributed by atoms with Crippen LogP contribution in [0.4, 0.5) is 10.5 Å². The van der Waals surface area contributed by atoms with Crippen LogP contribution in [0.15, 0.2) is 40.4 Å². The molecule has 0 bridgehead atoms. The number of nitriles is 1. The van der Waals surface area contributed by atoms with Crippen molar-refractivity contribution in [1.82, 2.24) is 5.32 Å². The number of hydrogen-bond acceptors (Lipinski definition) is 5. The number of urea groups is 1. The predicted octanol–water partition coefficient (Wildman–Crippen LogP) is 4.63. The van der Waals surface area contributed by atoms with Gasteiger partial charge in [0.1, 0.15) is 11.6 Å². The number of hydrogen-bond donors (Lipinski definition) is 1. The number of rotatable bonds is 4. The largest absolute Gasteiger partial charge is 0.476 e. The number of anilines is 1. The average Bonchev–Trinajstić information content (AvgIpc) is 2.67. The first-order valence-corrected chi connectivity index (χ1v) is 9.94. The minimum atomic E-state index is -0.874. The van der Waals surface area contributed by atoms with E-state index in [-0.39, 0.29) is 28.6 Å². The highest BCUT2D eigenvalue weighted by atomic mass is 79.9. The maximum atomic E-state index is 13.0. The number of carbonyl (C=O) groups is 3. The van der Waals surface area contributed by atoms with Crippen molar-refractivity contribution in [1.29, 1.82) is 5.26 Å². The van der Waals surface area contributed by atoms with Gasteiger partial charge in [0.05, 0.1) is 15.2 Å². The standard InChI is InChI=1S/C20H12BrCl2N3O4/c1-10-2-3-12(9-15(10)22)26-19(28)13(18(27)25-20(26)29)6-11-7-14(21)17(16(23)8-11)30-5-4-24/h2-3,6-9H,5H2,1H3,(H,25,27,29)/b13-6-. The number of benzene rings is 2. The molecule has 152 valence electrons. The monoisotopic (exact) mass is 507 g/mol. The van der Waals surface area contributed by atoms with Gasteiger partial charge in [-0.1, -0.05) is 29.3 Å². The lowest BCUT2D eigenvalue weighted by molar-refractivity contribution is -0.122. The lowest BCUT2D eigenvalue weighted by Crippen LogP contribution is -2.54. The van der Waals surface area contributed by atoms with Crippen molar-refractivity contribution < 1.29 is 19.1 Å². The molecule has 1 aliphatic rings. The van der Waals surface area contributed by atoms with E-state index in [4.69, 9.17) is 33.2 Å². The molecule has 0 saturated carbocycles. The molecule has 10 heteroatoms. The Bertz CT molecular complexity index is 1130. The molecule has 0 unspecified atom stereocenters. The Hall–Kier alpha value is -2.86. The number of nitrogens with zero attached hydrogens (tertiary/aromatic N) is 2. The molecular formula is C20H12BrCl2N3O4. The van der Waals surface area contributed by atoms with E-state index in [0.717, 1.165) is 10.5 Å². The zero-order valence-corrected chi connectivity index (χ0v) is 18.4. The van der Waals surface area contributed by atoms with Gasteiger partial charge in [-0.25, -0.2) is 9.69 Å². The molecule has 0 aromatic heterocycles. The van der Waals surface area contributed by atoms with Gasteiger partial charge in [0, 0.05) is 5.02 Å². The van der Waals surface area contributed by atoms with Crippen LogP contribution in [-0.4, -0.2) is 24.5 Å². The van der Waals surface area contributed by atoms with Gasteiger partial charge in [0.15, 0.2) is 12.4 Å². The van der Waals surface area contributed by atoms with Crippen LogP contribution in [0.2, 0.25) is 10.0 Å². The average molecular weight is 509 g/mol. The first-order chi connectivity index (χ1) is 14.2. The number of imide groups is 2. The molecular weight excluding hydrogens is 497 g/mol. The van der Waals surface area contributed by atoms with E-state index >= 15 is 0 Å². The third-order valence-corrected chi connectivity index (χ3v) is 5.40. The summed E-state index contributed by atoms with van der Waals surface area (Å²) in [7, 11) is 0. The van der Waals surface area contributed by atoms with Gasteiger partial charge in [-0.15, -0.1) is 0 Å². The van der Waals surface area contributed by atoms with Crippen molar-refractivity contribution in [3.8, 4) is 11.8 Å². The molecule has 30 heavy (non-hydrogen) atoms. The normalized spacial score (nSPS) is 15.2. The summed E-state index contributed by atoms with van der Waals surface area (Å²) in [5.41, 5.74) is 1.15.